The summed E-state index contributed by atoms with van der Waals surface area (Å²) in [4.78, 5) is 38.4. The van der Waals surface area contributed by atoms with Gasteiger partial charge in [0.05, 0.1) is 18.6 Å². The van der Waals surface area contributed by atoms with E-state index in [2.05, 4.69) is 30.9 Å². The SMILES string of the molecule is CCCCN1C(CN2C(=O)C3(CN(C(=O)C4(C)CC4)C3)c3ccccc32)=NC2CCCCC21. The van der Waals surface area contributed by atoms with E-state index in [1.807, 2.05) is 21.9 Å². The number of benzene rings is 1. The number of hydrogen-bond donors (Lipinski definition) is 0. The van der Waals surface area contributed by atoms with E-state index in [9.17, 15) is 9.59 Å². The average Bonchev–Trinajstić information content (AvgIpc) is 3.38. The number of rotatable bonds is 6. The largest absolute Gasteiger partial charge is 0.354 e. The van der Waals surface area contributed by atoms with Crippen LogP contribution >= 0.6 is 0 Å². The van der Waals surface area contributed by atoms with Crippen LogP contribution < -0.4 is 4.90 Å². The smallest absolute Gasteiger partial charge is 0.241 e. The number of amidine groups is 1. The Kier molecular flexibility index (Phi) is 4.86. The maximum absolute atomic E-state index is 13.9. The van der Waals surface area contributed by atoms with Crippen LogP contribution in [0.3, 0.4) is 0 Å². The van der Waals surface area contributed by atoms with Crippen molar-refractivity contribution in [3.8, 4) is 0 Å². The summed E-state index contributed by atoms with van der Waals surface area (Å²) < 4.78 is 0. The van der Waals surface area contributed by atoms with Gasteiger partial charge in [0.2, 0.25) is 11.8 Å². The first-order chi connectivity index (χ1) is 16.0. The fourth-order valence-corrected chi connectivity index (χ4v) is 6.55. The zero-order chi connectivity index (χ0) is 22.8. The van der Waals surface area contributed by atoms with Crippen LogP contribution in [0, 0.1) is 5.41 Å². The van der Waals surface area contributed by atoms with Gasteiger partial charge in [-0.05, 0) is 43.7 Å². The summed E-state index contributed by atoms with van der Waals surface area (Å²) in [7, 11) is 0. The number of aliphatic imine (C=N–C) groups is 1. The van der Waals surface area contributed by atoms with Crippen molar-refractivity contribution in [3.63, 3.8) is 0 Å². The van der Waals surface area contributed by atoms with Crippen LogP contribution in [0.15, 0.2) is 29.3 Å². The van der Waals surface area contributed by atoms with Crippen molar-refractivity contribution in [2.24, 2.45) is 10.4 Å². The number of carbonyl (C=O) groups is 2. The van der Waals surface area contributed by atoms with E-state index in [0.29, 0.717) is 31.7 Å². The van der Waals surface area contributed by atoms with Gasteiger partial charge >= 0.3 is 0 Å². The van der Waals surface area contributed by atoms with Crippen LogP contribution in [0.1, 0.15) is 70.8 Å². The molecule has 1 aromatic rings. The van der Waals surface area contributed by atoms with Crippen molar-refractivity contribution in [1.29, 1.82) is 0 Å². The standard InChI is InChI=1S/C27H36N4O2/c1-3-4-15-30-22-12-8-6-10-20(22)28-23(30)16-31-21-11-7-5-9-19(21)27(25(31)33)17-29(18-27)24(32)26(2)13-14-26/h5,7,9,11,20,22H,3-4,6,8,10,12-18H2,1-2H3. The highest BCUT2D eigenvalue weighted by molar-refractivity contribution is 6.13. The van der Waals surface area contributed by atoms with Crippen LogP contribution in [0.2, 0.25) is 0 Å². The summed E-state index contributed by atoms with van der Waals surface area (Å²) >= 11 is 0. The zero-order valence-electron chi connectivity index (χ0n) is 20.1. The third kappa shape index (κ3) is 3.16. The lowest BCUT2D eigenvalue weighted by molar-refractivity contribution is -0.148. The van der Waals surface area contributed by atoms with E-state index >= 15 is 0 Å². The Morgan fingerprint density at radius 1 is 1.15 bits per heavy atom. The van der Waals surface area contributed by atoms with Crippen LogP contribution in [-0.2, 0) is 15.0 Å². The highest BCUT2D eigenvalue weighted by atomic mass is 16.2. The van der Waals surface area contributed by atoms with Crippen molar-refractivity contribution in [1.82, 2.24) is 9.80 Å². The highest BCUT2D eigenvalue weighted by Crippen LogP contribution is 2.52. The lowest BCUT2D eigenvalue weighted by Crippen LogP contribution is -2.66. The van der Waals surface area contributed by atoms with Crippen molar-refractivity contribution < 1.29 is 9.59 Å². The number of anilines is 1. The van der Waals surface area contributed by atoms with Crippen LogP contribution in [0.25, 0.3) is 0 Å². The Labute approximate surface area is 197 Å². The Morgan fingerprint density at radius 2 is 1.91 bits per heavy atom. The Hall–Kier alpha value is -2.37. The maximum atomic E-state index is 13.9. The second-order valence-corrected chi connectivity index (χ2v) is 11.2. The minimum atomic E-state index is -0.572. The van der Waals surface area contributed by atoms with Crippen LogP contribution in [0.4, 0.5) is 5.69 Å². The van der Waals surface area contributed by atoms with E-state index in [0.717, 1.165) is 42.9 Å². The molecule has 1 saturated heterocycles. The first kappa shape index (κ1) is 21.2. The summed E-state index contributed by atoms with van der Waals surface area (Å²) in [6.45, 7) is 6.92. The summed E-state index contributed by atoms with van der Waals surface area (Å²) in [5.41, 5.74) is 1.35. The number of unbranched alkanes of at least 4 members (excludes halogenated alkanes) is 1. The number of likely N-dealkylation sites (tertiary alicyclic amines) is 1. The van der Waals surface area contributed by atoms with Crippen LogP contribution in [-0.4, -0.2) is 65.7 Å². The molecule has 2 aliphatic carbocycles. The quantitative estimate of drug-likeness (QED) is 0.666. The van der Waals surface area contributed by atoms with Gasteiger partial charge in [-0.15, -0.1) is 0 Å². The predicted octanol–water partition coefficient (Wildman–Crippen LogP) is 3.74. The van der Waals surface area contributed by atoms with Gasteiger partial charge in [-0.2, -0.15) is 0 Å². The molecule has 2 amide bonds. The number of fused-ring (bicyclic) bond motifs is 3. The zero-order valence-corrected chi connectivity index (χ0v) is 20.1. The monoisotopic (exact) mass is 448 g/mol. The second-order valence-electron chi connectivity index (χ2n) is 11.2. The molecule has 33 heavy (non-hydrogen) atoms. The first-order valence-electron chi connectivity index (χ1n) is 13.0. The molecule has 0 bridgehead atoms. The first-order valence-corrected chi connectivity index (χ1v) is 13.0. The topological polar surface area (TPSA) is 56.2 Å². The Bertz CT molecular complexity index is 1010. The molecule has 6 rings (SSSR count). The summed E-state index contributed by atoms with van der Waals surface area (Å²) in [5.74, 6) is 1.48. The Morgan fingerprint density at radius 3 is 2.67 bits per heavy atom. The highest BCUT2D eigenvalue weighted by Gasteiger charge is 2.62. The lowest BCUT2D eigenvalue weighted by atomic mass is 9.74. The van der Waals surface area contributed by atoms with E-state index < -0.39 is 5.41 Å². The fraction of sp³-hybridized carbons (Fsp3) is 0.667. The van der Waals surface area contributed by atoms with Gasteiger partial charge in [-0.3, -0.25) is 14.6 Å². The molecule has 5 aliphatic rings. The normalized spacial score (nSPS) is 28.5. The molecule has 2 unspecified atom stereocenters. The number of nitrogens with zero attached hydrogens (tertiary/aromatic N) is 4. The van der Waals surface area contributed by atoms with E-state index in [-0.39, 0.29) is 17.2 Å². The molecule has 1 spiro atoms. The Balaban J connectivity index is 1.26. The molecule has 176 valence electrons. The number of para-hydroxylation sites is 1. The van der Waals surface area contributed by atoms with Gasteiger partial charge in [0, 0.05) is 30.7 Å². The van der Waals surface area contributed by atoms with Crippen molar-refractivity contribution in [2.75, 3.05) is 31.1 Å². The molecule has 6 nitrogen and oxygen atoms in total. The number of carbonyl (C=O) groups excluding carboxylic acids is 2. The molecular weight excluding hydrogens is 412 g/mol. The minimum Gasteiger partial charge on any atom is -0.354 e. The van der Waals surface area contributed by atoms with E-state index in [1.165, 1.54) is 32.1 Å². The van der Waals surface area contributed by atoms with Gasteiger partial charge in [0.1, 0.15) is 11.3 Å². The average molecular weight is 449 g/mol. The van der Waals surface area contributed by atoms with Crippen molar-refractivity contribution >= 4 is 23.3 Å². The van der Waals surface area contributed by atoms with Gasteiger partial charge < -0.3 is 14.7 Å². The molecule has 3 aliphatic heterocycles. The third-order valence-corrected chi connectivity index (χ3v) is 8.88. The summed E-state index contributed by atoms with van der Waals surface area (Å²) in [5, 5.41) is 0. The number of amides is 2. The fourth-order valence-electron chi connectivity index (χ4n) is 6.55. The van der Waals surface area contributed by atoms with Crippen molar-refractivity contribution in [2.45, 2.75) is 82.7 Å². The molecule has 0 radical (unpaired) electrons. The summed E-state index contributed by atoms with van der Waals surface area (Å²) in [6.07, 6.45) is 9.20. The minimum absolute atomic E-state index is 0.154. The second kappa shape index (κ2) is 7.57. The van der Waals surface area contributed by atoms with Gasteiger partial charge in [0.25, 0.3) is 0 Å². The molecule has 3 fully saturated rings. The summed E-state index contributed by atoms with van der Waals surface area (Å²) in [6, 6.07) is 9.13. The molecule has 6 heteroatoms. The number of hydrogen-bond acceptors (Lipinski definition) is 4. The molecule has 1 aromatic carbocycles. The van der Waals surface area contributed by atoms with E-state index in [1.54, 1.807) is 0 Å². The maximum Gasteiger partial charge on any atom is 0.241 e. The molecule has 3 heterocycles. The molecule has 2 atom stereocenters. The van der Waals surface area contributed by atoms with Gasteiger partial charge in [0.15, 0.2) is 0 Å². The molecular formula is C27H36N4O2. The van der Waals surface area contributed by atoms with E-state index in [4.69, 9.17) is 4.99 Å². The van der Waals surface area contributed by atoms with Gasteiger partial charge in [-0.25, -0.2) is 0 Å². The van der Waals surface area contributed by atoms with Crippen molar-refractivity contribution in [3.05, 3.63) is 29.8 Å². The van der Waals surface area contributed by atoms with Gasteiger partial charge in [-0.1, -0.05) is 51.3 Å². The third-order valence-electron chi connectivity index (χ3n) is 8.88. The molecule has 0 N–H and O–H groups in total. The molecule has 0 aromatic heterocycles. The van der Waals surface area contributed by atoms with Crippen LogP contribution in [0.5, 0.6) is 0 Å². The predicted molar refractivity (Wildman–Crippen MR) is 129 cm³/mol. The molecule has 2 saturated carbocycles. The lowest BCUT2D eigenvalue weighted by Gasteiger charge is -2.48.